The van der Waals surface area contributed by atoms with E-state index in [0.717, 1.165) is 13.0 Å². The van der Waals surface area contributed by atoms with Crippen LogP contribution in [0.5, 0.6) is 0 Å². The van der Waals surface area contributed by atoms with Gasteiger partial charge in [0.05, 0.1) is 0 Å². The number of fused-ring (bicyclic) bond motifs is 1. The molecule has 0 saturated heterocycles. The number of hydrogen-bond acceptors (Lipinski definition) is 1. The second-order valence-electron chi connectivity index (χ2n) is 5.50. The first-order valence-corrected chi connectivity index (χ1v) is 11.0. The summed E-state index contributed by atoms with van der Waals surface area (Å²) < 4.78 is 0. The molecule has 4 heteroatoms. The van der Waals surface area contributed by atoms with Gasteiger partial charge in [0.2, 0.25) is 0 Å². The summed E-state index contributed by atoms with van der Waals surface area (Å²) in [6.07, 6.45) is 1.14. The van der Waals surface area contributed by atoms with E-state index < -0.39 is 0 Å². The summed E-state index contributed by atoms with van der Waals surface area (Å²) in [7, 11) is 8.62. The van der Waals surface area contributed by atoms with Crippen molar-refractivity contribution in [1.82, 2.24) is 4.90 Å². The first kappa shape index (κ1) is 20.0. The van der Waals surface area contributed by atoms with Crippen molar-refractivity contribution < 1.29 is 14.6 Å². The Morgan fingerprint density at radius 3 is 2.20 bits per heavy atom. The summed E-state index contributed by atoms with van der Waals surface area (Å²) in [6.45, 7) is 7.92. The van der Waals surface area contributed by atoms with Crippen molar-refractivity contribution in [2.24, 2.45) is 0 Å². The van der Waals surface area contributed by atoms with Crippen molar-refractivity contribution in [3.63, 3.8) is 0 Å². The molecule has 0 aliphatic carbocycles. The van der Waals surface area contributed by atoms with Crippen LogP contribution in [0, 0.1) is 0 Å². The van der Waals surface area contributed by atoms with E-state index in [4.69, 9.17) is 0 Å². The average molecular weight is 358 g/mol. The first-order chi connectivity index (χ1) is 9.50. The van der Waals surface area contributed by atoms with Gasteiger partial charge in [0.15, 0.2) is 0 Å². The van der Waals surface area contributed by atoms with Crippen LogP contribution in [-0.4, -0.2) is 45.5 Å². The van der Waals surface area contributed by atoms with Crippen LogP contribution in [0.15, 0.2) is 36.4 Å². The number of halogens is 1. The number of likely N-dealkylation sites (N-methyl/N-ethyl adjacent to an activating group) is 1. The minimum atomic E-state index is 0.120. The molecule has 2 aromatic rings. The van der Waals surface area contributed by atoms with Crippen molar-refractivity contribution in [1.29, 1.82) is 0 Å². The van der Waals surface area contributed by atoms with E-state index in [-0.39, 0.29) is 7.92 Å². The Morgan fingerprint density at radius 1 is 1.10 bits per heavy atom. The predicted octanol–water partition coefficient (Wildman–Crippen LogP) is 4.44. The average Bonchev–Trinajstić information content (AvgIpc) is 2.81. The molecule has 0 fully saturated rings. The molecule has 1 nitrogen and oxygen atoms in total. The van der Waals surface area contributed by atoms with Gasteiger partial charge in [-0.15, -0.1) is 40.6 Å². The molecule has 0 saturated carbocycles. The third kappa shape index (κ3) is 8.33. The van der Waals surface area contributed by atoms with Gasteiger partial charge in [0.25, 0.3) is 0 Å². The summed E-state index contributed by atoms with van der Waals surface area (Å²) in [4.78, 5) is 2.22. The van der Waals surface area contributed by atoms with Gasteiger partial charge < -0.3 is 4.90 Å². The Balaban J connectivity index is 0.000000521. The van der Waals surface area contributed by atoms with Gasteiger partial charge in [-0.1, -0.05) is 6.07 Å². The van der Waals surface area contributed by atoms with Gasteiger partial charge in [0.1, 0.15) is 0 Å². The molecule has 2 rings (SSSR count). The van der Waals surface area contributed by atoms with Crippen molar-refractivity contribution in [3.05, 3.63) is 42.0 Å². The molecule has 0 radical (unpaired) electrons. The molecule has 0 bridgehead atoms. The van der Waals surface area contributed by atoms with Gasteiger partial charge in [0, 0.05) is 20.0 Å². The summed E-state index contributed by atoms with van der Waals surface area (Å²) in [5.41, 5.74) is 1.47. The molecule has 2 aromatic carbocycles. The molecule has 0 atom stereocenters. The summed E-state index contributed by atoms with van der Waals surface area (Å²) >= 11 is 3.35. The molecule has 0 unspecified atom stereocenters. The predicted molar refractivity (Wildman–Crippen MR) is 93.7 cm³/mol. The van der Waals surface area contributed by atoms with Gasteiger partial charge >= 0.3 is 24.8 Å². The van der Waals surface area contributed by atoms with E-state index >= 15 is 0 Å². The molecule has 20 heavy (non-hydrogen) atoms. The number of rotatable bonds is 3. The number of nitrogens with zero attached hydrogens (tertiary/aromatic N) is 1. The van der Waals surface area contributed by atoms with E-state index in [2.05, 4.69) is 100 Å². The zero-order chi connectivity index (χ0) is 15.5. The minimum absolute atomic E-state index is 0.120. The SMILES string of the molecule is CN(C)CC[c-]1ccc2ccccc21.C[PH+](C)C.[Cl][Ni]. The van der Waals surface area contributed by atoms with Gasteiger partial charge in [-0.2, -0.15) is 6.07 Å². The third-order valence-corrected chi connectivity index (χ3v) is 2.60. The molecule has 0 N–H and O–H groups in total. The van der Waals surface area contributed by atoms with Crippen LogP contribution < -0.4 is 0 Å². The first-order valence-electron chi connectivity index (χ1n) is 6.67. The van der Waals surface area contributed by atoms with Crippen molar-refractivity contribution in [2.45, 2.75) is 6.42 Å². The maximum atomic E-state index is 4.26. The van der Waals surface area contributed by atoms with Crippen LogP contribution in [-0.2, 0) is 21.0 Å². The fourth-order valence-electron chi connectivity index (χ4n) is 1.78. The van der Waals surface area contributed by atoms with E-state index in [0.29, 0.717) is 0 Å². The quantitative estimate of drug-likeness (QED) is 0.446. The van der Waals surface area contributed by atoms with E-state index in [9.17, 15) is 0 Å². The number of benzene rings is 1. The molecular formula is C16H26ClNNiP. The molecular weight excluding hydrogens is 331 g/mol. The van der Waals surface area contributed by atoms with Crippen LogP contribution >= 0.6 is 18.1 Å². The fourth-order valence-corrected chi connectivity index (χ4v) is 1.78. The Hall–Kier alpha value is 0.00351. The van der Waals surface area contributed by atoms with Crippen LogP contribution in [0.4, 0.5) is 0 Å². The van der Waals surface area contributed by atoms with Crippen molar-refractivity contribution in [3.8, 4) is 0 Å². The summed E-state index contributed by atoms with van der Waals surface area (Å²) in [5, 5.41) is 2.77. The molecule has 0 aliphatic rings. The van der Waals surface area contributed by atoms with E-state index in [1.54, 1.807) is 0 Å². The van der Waals surface area contributed by atoms with Crippen molar-refractivity contribution >= 4 is 28.9 Å². The molecule has 117 valence electrons. The monoisotopic (exact) mass is 356 g/mol. The van der Waals surface area contributed by atoms with E-state index in [1.807, 2.05) is 0 Å². The van der Waals surface area contributed by atoms with Gasteiger partial charge in [-0.05, 0) is 35.0 Å². The normalized spacial score (nSPS) is 10.1. The Labute approximate surface area is 137 Å². The second kappa shape index (κ2) is 11.6. The second-order valence-corrected chi connectivity index (χ2v) is 8.50. The Morgan fingerprint density at radius 2 is 1.65 bits per heavy atom. The molecule has 0 spiro atoms. The summed E-state index contributed by atoms with van der Waals surface area (Å²) in [6, 6.07) is 13.0. The number of hydrogen-bond donors (Lipinski definition) is 0. The molecule has 0 aliphatic heterocycles. The van der Waals surface area contributed by atoms with Crippen LogP contribution in [0.3, 0.4) is 0 Å². The van der Waals surface area contributed by atoms with E-state index in [1.165, 1.54) is 16.3 Å². The summed E-state index contributed by atoms with van der Waals surface area (Å²) in [5.74, 6) is 0. The van der Waals surface area contributed by atoms with Gasteiger partial charge in [-0.25, -0.2) is 0 Å². The van der Waals surface area contributed by atoms with Crippen LogP contribution in [0.2, 0.25) is 0 Å². The van der Waals surface area contributed by atoms with Crippen LogP contribution in [0.1, 0.15) is 5.56 Å². The topological polar surface area (TPSA) is 3.24 Å². The molecule has 0 heterocycles. The zero-order valence-electron chi connectivity index (χ0n) is 13.0. The third-order valence-electron chi connectivity index (χ3n) is 2.60. The van der Waals surface area contributed by atoms with Crippen LogP contribution in [0.25, 0.3) is 10.8 Å². The Kier molecular flexibility index (Phi) is 11.6. The fraction of sp³-hybridized carbons (Fsp3) is 0.438. The zero-order valence-corrected chi connectivity index (χ0v) is 15.8. The maximum absolute atomic E-state index is 4.26. The molecule has 0 aromatic heterocycles. The Bertz CT molecular complexity index is 465. The standard InChI is InChI=1S/C13H16N.C3H9P.ClH.Ni/c1-14(2)10-9-12-8-7-11-5-3-4-6-13(11)12;1-4(2)3;;/h3-8H,9-10H2,1-2H3;1-3H3;1H;/q-1;;;+1. The van der Waals surface area contributed by atoms with Crippen molar-refractivity contribution in [2.75, 3.05) is 40.6 Å². The molecule has 0 amide bonds. The van der Waals surface area contributed by atoms with Gasteiger partial charge in [-0.3, -0.25) is 0 Å².